The number of carbonyl (C=O) groups is 2. The van der Waals surface area contributed by atoms with Gasteiger partial charge in [0.2, 0.25) is 0 Å². The van der Waals surface area contributed by atoms with Crippen LogP contribution in [-0.4, -0.2) is 29.3 Å². The zero-order chi connectivity index (χ0) is 18.7. The maximum absolute atomic E-state index is 9.55. The van der Waals surface area contributed by atoms with Crippen molar-refractivity contribution in [3.63, 3.8) is 0 Å². The van der Waals surface area contributed by atoms with Crippen molar-refractivity contribution in [2.75, 3.05) is 7.11 Å². The molecule has 0 fully saturated rings. The largest absolute Gasteiger partial charge is 0.497 e. The fraction of sp³-hybridized carbons (Fsp3) is 0.200. The third-order valence-corrected chi connectivity index (χ3v) is 3.44. The summed E-state index contributed by atoms with van der Waals surface area (Å²) in [6.07, 6.45) is 2.19. The standard InChI is InChI=1S/C16H18O.C4H4O4.H3N/c1-13(12-14-6-4-3-5-7-14)15-8-10-16(17-2)11-9-15;5-3(6)1-2-4(7)8;/h3-11,13H,12H2,1-2H3;1-2H,(H,5,6)(H,7,8);1H3. The van der Waals surface area contributed by atoms with Crippen LogP contribution >= 0.6 is 0 Å². The Morgan fingerprint density at radius 3 is 1.88 bits per heavy atom. The lowest BCUT2D eigenvalue weighted by atomic mass is 9.94. The highest BCUT2D eigenvalue weighted by molar-refractivity contribution is 5.89. The third kappa shape index (κ3) is 9.24. The van der Waals surface area contributed by atoms with Crippen molar-refractivity contribution in [2.24, 2.45) is 0 Å². The number of rotatable bonds is 6. The number of aliphatic carboxylic acids is 2. The van der Waals surface area contributed by atoms with Gasteiger partial charge >= 0.3 is 11.9 Å². The van der Waals surface area contributed by atoms with Gasteiger partial charge in [0.1, 0.15) is 5.75 Å². The number of ether oxygens (including phenoxy) is 1. The maximum Gasteiger partial charge on any atom is 0.328 e. The highest BCUT2D eigenvalue weighted by Crippen LogP contribution is 2.22. The van der Waals surface area contributed by atoms with E-state index in [1.165, 1.54) is 11.1 Å². The summed E-state index contributed by atoms with van der Waals surface area (Å²) in [6, 6.07) is 18.9. The van der Waals surface area contributed by atoms with E-state index in [0.29, 0.717) is 18.1 Å². The van der Waals surface area contributed by atoms with Crippen LogP contribution in [0.15, 0.2) is 66.7 Å². The minimum Gasteiger partial charge on any atom is -0.497 e. The van der Waals surface area contributed by atoms with Crippen LogP contribution in [0, 0.1) is 0 Å². The molecule has 0 aliphatic rings. The molecule has 0 spiro atoms. The topological polar surface area (TPSA) is 119 Å². The minimum atomic E-state index is -1.26. The average Bonchev–Trinajstić information content (AvgIpc) is 2.61. The molecule has 0 radical (unpaired) electrons. The average molecular weight is 359 g/mol. The normalized spacial score (nSPS) is 10.8. The smallest absolute Gasteiger partial charge is 0.328 e. The van der Waals surface area contributed by atoms with E-state index in [1.54, 1.807) is 7.11 Å². The Balaban J connectivity index is 0.000000597. The van der Waals surface area contributed by atoms with Crippen molar-refractivity contribution >= 4 is 11.9 Å². The Hall–Kier alpha value is -3.12. The van der Waals surface area contributed by atoms with Crippen LogP contribution in [0.25, 0.3) is 0 Å². The molecule has 5 N–H and O–H groups in total. The number of benzene rings is 2. The lowest BCUT2D eigenvalue weighted by Gasteiger charge is -2.12. The summed E-state index contributed by atoms with van der Waals surface area (Å²) in [6.45, 7) is 2.26. The number of methoxy groups -OCH3 is 1. The van der Waals surface area contributed by atoms with Gasteiger partial charge in [-0.05, 0) is 35.6 Å². The van der Waals surface area contributed by atoms with E-state index < -0.39 is 11.9 Å². The third-order valence-electron chi connectivity index (χ3n) is 3.44. The second-order valence-electron chi connectivity index (χ2n) is 5.37. The number of carboxylic acid groups (broad SMARTS) is 2. The Morgan fingerprint density at radius 1 is 0.962 bits per heavy atom. The van der Waals surface area contributed by atoms with Gasteiger partial charge in [-0.2, -0.15) is 0 Å². The molecular weight excluding hydrogens is 334 g/mol. The van der Waals surface area contributed by atoms with Crippen LogP contribution in [0.5, 0.6) is 5.75 Å². The minimum absolute atomic E-state index is 0. The first-order valence-corrected chi connectivity index (χ1v) is 7.74. The van der Waals surface area contributed by atoms with Gasteiger partial charge < -0.3 is 21.1 Å². The van der Waals surface area contributed by atoms with E-state index in [2.05, 4.69) is 49.4 Å². The molecule has 2 aromatic carbocycles. The maximum atomic E-state index is 9.55. The number of carboxylic acids is 2. The molecule has 0 amide bonds. The summed E-state index contributed by atoms with van der Waals surface area (Å²) in [5.41, 5.74) is 2.74. The van der Waals surface area contributed by atoms with Crippen LogP contribution in [-0.2, 0) is 16.0 Å². The molecule has 0 saturated heterocycles. The van der Waals surface area contributed by atoms with Crippen molar-refractivity contribution in [3.8, 4) is 5.75 Å². The van der Waals surface area contributed by atoms with Crippen molar-refractivity contribution < 1.29 is 24.5 Å². The molecule has 0 heterocycles. The molecule has 6 nitrogen and oxygen atoms in total. The zero-order valence-corrected chi connectivity index (χ0v) is 15.0. The zero-order valence-electron chi connectivity index (χ0n) is 15.0. The van der Waals surface area contributed by atoms with E-state index in [-0.39, 0.29) is 6.15 Å². The van der Waals surface area contributed by atoms with E-state index >= 15 is 0 Å². The van der Waals surface area contributed by atoms with Crippen molar-refractivity contribution in [1.29, 1.82) is 0 Å². The summed E-state index contributed by atoms with van der Waals surface area (Å²) in [5.74, 6) is -1.07. The lowest BCUT2D eigenvalue weighted by molar-refractivity contribution is -0.134. The lowest BCUT2D eigenvalue weighted by Crippen LogP contribution is -1.98. The highest BCUT2D eigenvalue weighted by Gasteiger charge is 2.06. The first-order valence-electron chi connectivity index (χ1n) is 7.74. The summed E-state index contributed by atoms with van der Waals surface area (Å²) >= 11 is 0. The fourth-order valence-electron chi connectivity index (χ4n) is 2.16. The number of hydrogen-bond donors (Lipinski definition) is 3. The molecule has 2 aromatic rings. The number of hydrogen-bond acceptors (Lipinski definition) is 4. The first kappa shape index (κ1) is 22.9. The fourth-order valence-corrected chi connectivity index (χ4v) is 2.16. The van der Waals surface area contributed by atoms with Gasteiger partial charge in [-0.15, -0.1) is 0 Å². The van der Waals surface area contributed by atoms with E-state index in [0.717, 1.165) is 12.2 Å². The molecule has 6 heteroatoms. The van der Waals surface area contributed by atoms with Gasteiger partial charge in [-0.3, -0.25) is 0 Å². The molecule has 0 aromatic heterocycles. The van der Waals surface area contributed by atoms with Crippen LogP contribution < -0.4 is 10.9 Å². The Bertz CT molecular complexity index is 680. The monoisotopic (exact) mass is 359 g/mol. The molecular formula is C20H25NO5. The molecule has 0 aliphatic carbocycles. The summed E-state index contributed by atoms with van der Waals surface area (Å²) < 4.78 is 5.17. The Kier molecular flexibility index (Phi) is 10.8. The molecule has 1 atom stereocenters. The van der Waals surface area contributed by atoms with Crippen molar-refractivity contribution in [1.82, 2.24) is 6.15 Å². The van der Waals surface area contributed by atoms with Gasteiger partial charge in [0.15, 0.2) is 0 Å². The summed E-state index contributed by atoms with van der Waals surface area (Å²) in [5, 5.41) is 15.6. The second kappa shape index (κ2) is 12.3. The summed E-state index contributed by atoms with van der Waals surface area (Å²) in [4.78, 5) is 19.1. The van der Waals surface area contributed by atoms with Crippen LogP contribution in [0.4, 0.5) is 0 Å². The van der Waals surface area contributed by atoms with Crippen LogP contribution in [0.3, 0.4) is 0 Å². The molecule has 0 bridgehead atoms. The van der Waals surface area contributed by atoms with Gasteiger partial charge in [0.25, 0.3) is 0 Å². The summed E-state index contributed by atoms with van der Waals surface area (Å²) in [7, 11) is 1.70. The van der Waals surface area contributed by atoms with Gasteiger partial charge in [0, 0.05) is 12.2 Å². The van der Waals surface area contributed by atoms with Gasteiger partial charge in [0.05, 0.1) is 7.11 Å². The Morgan fingerprint density at radius 2 is 1.46 bits per heavy atom. The SMILES string of the molecule is COc1ccc(C(C)Cc2ccccc2)cc1.N.O=C(O)C=CC(=O)O. The second-order valence-corrected chi connectivity index (χ2v) is 5.37. The van der Waals surface area contributed by atoms with Crippen molar-refractivity contribution in [3.05, 3.63) is 77.9 Å². The molecule has 140 valence electrons. The van der Waals surface area contributed by atoms with Crippen LogP contribution in [0.2, 0.25) is 0 Å². The van der Waals surface area contributed by atoms with Gasteiger partial charge in [-0.1, -0.05) is 49.4 Å². The molecule has 26 heavy (non-hydrogen) atoms. The van der Waals surface area contributed by atoms with Crippen LogP contribution in [0.1, 0.15) is 24.0 Å². The van der Waals surface area contributed by atoms with Crippen molar-refractivity contribution in [2.45, 2.75) is 19.3 Å². The molecule has 2 rings (SSSR count). The van der Waals surface area contributed by atoms with E-state index in [9.17, 15) is 9.59 Å². The molecule has 0 aliphatic heterocycles. The van der Waals surface area contributed by atoms with E-state index in [4.69, 9.17) is 14.9 Å². The van der Waals surface area contributed by atoms with Gasteiger partial charge in [-0.25, -0.2) is 9.59 Å². The molecule has 1 unspecified atom stereocenters. The first-order chi connectivity index (χ1) is 11.9. The quantitative estimate of drug-likeness (QED) is 0.673. The Labute approximate surface area is 153 Å². The predicted molar refractivity (Wildman–Crippen MR) is 101 cm³/mol. The molecule has 0 saturated carbocycles. The van der Waals surface area contributed by atoms with E-state index in [1.807, 2.05) is 12.1 Å². The highest BCUT2D eigenvalue weighted by atomic mass is 16.5. The predicted octanol–water partition coefficient (Wildman–Crippen LogP) is 3.92.